The first kappa shape index (κ1) is 11.8. The molecule has 0 radical (unpaired) electrons. The Hall–Kier alpha value is -0.300. The summed E-state index contributed by atoms with van der Waals surface area (Å²) < 4.78 is 0. The topological polar surface area (TPSA) is 0 Å². The second-order valence-electron chi connectivity index (χ2n) is 3.86. The molecule has 0 spiro atoms. The Balaban J connectivity index is 3.25. The Morgan fingerprint density at radius 2 is 1.57 bits per heavy atom. The van der Waals surface area contributed by atoms with Gasteiger partial charge in [0.25, 0.3) is 0 Å². The molecule has 0 aliphatic heterocycles. The van der Waals surface area contributed by atoms with Crippen LogP contribution in [0.1, 0.15) is 34.7 Å². The van der Waals surface area contributed by atoms with Crippen molar-refractivity contribution in [2.24, 2.45) is 0 Å². The zero-order chi connectivity index (χ0) is 10.7. The number of rotatable bonds is 3. The number of aryl methyl sites for hydroxylation is 2. The molecule has 0 unspecified atom stereocenters. The predicted molar refractivity (Wildman–Crippen MR) is 67.5 cm³/mol. The second-order valence-corrected chi connectivity index (χ2v) is 4.66. The molecular weight excluding hydrogens is 236 g/mol. The van der Waals surface area contributed by atoms with Gasteiger partial charge >= 0.3 is 0 Å². The summed E-state index contributed by atoms with van der Waals surface area (Å²) in [5, 5.41) is 1.06. The maximum absolute atomic E-state index is 3.51. The van der Waals surface area contributed by atoms with Gasteiger partial charge in [-0.05, 0) is 61.4 Å². The fraction of sp³-hybridized carbons (Fsp3) is 0.538. The van der Waals surface area contributed by atoms with E-state index in [9.17, 15) is 0 Å². The highest BCUT2D eigenvalue weighted by atomic mass is 79.9. The molecule has 78 valence electrons. The molecule has 0 bridgehead atoms. The van der Waals surface area contributed by atoms with Crippen LogP contribution < -0.4 is 0 Å². The number of hydrogen-bond acceptors (Lipinski definition) is 0. The first-order valence-corrected chi connectivity index (χ1v) is 6.38. The van der Waals surface area contributed by atoms with Gasteiger partial charge < -0.3 is 0 Å². The number of halogens is 1. The standard InChI is InChI=1S/C13H19Br/c1-5-12-8-13(6-7-14)11(4)9(2)10(12)3/h8H,5-7H2,1-4H3. The van der Waals surface area contributed by atoms with Gasteiger partial charge in [-0.2, -0.15) is 0 Å². The molecule has 0 nitrogen and oxygen atoms in total. The second kappa shape index (κ2) is 4.97. The van der Waals surface area contributed by atoms with E-state index in [1.165, 1.54) is 27.8 Å². The molecule has 0 aliphatic rings. The molecule has 0 aliphatic carbocycles. The molecule has 0 atom stereocenters. The van der Waals surface area contributed by atoms with Crippen LogP contribution >= 0.6 is 15.9 Å². The molecule has 0 amide bonds. The zero-order valence-electron chi connectivity index (χ0n) is 9.58. The van der Waals surface area contributed by atoms with Crippen LogP contribution in [0.4, 0.5) is 0 Å². The normalized spacial score (nSPS) is 10.6. The van der Waals surface area contributed by atoms with Crippen molar-refractivity contribution in [1.29, 1.82) is 0 Å². The molecule has 1 aromatic carbocycles. The van der Waals surface area contributed by atoms with E-state index >= 15 is 0 Å². The van der Waals surface area contributed by atoms with Crippen molar-refractivity contribution < 1.29 is 0 Å². The van der Waals surface area contributed by atoms with Crippen molar-refractivity contribution in [1.82, 2.24) is 0 Å². The van der Waals surface area contributed by atoms with E-state index in [-0.39, 0.29) is 0 Å². The van der Waals surface area contributed by atoms with Crippen LogP contribution in [0, 0.1) is 20.8 Å². The lowest BCUT2D eigenvalue weighted by molar-refractivity contribution is 1.03. The minimum absolute atomic E-state index is 1.06. The zero-order valence-corrected chi connectivity index (χ0v) is 11.2. The van der Waals surface area contributed by atoms with E-state index < -0.39 is 0 Å². The monoisotopic (exact) mass is 254 g/mol. The molecule has 0 aromatic heterocycles. The summed E-state index contributed by atoms with van der Waals surface area (Å²) in [6.45, 7) is 8.94. The Kier molecular flexibility index (Phi) is 4.18. The molecule has 1 rings (SSSR count). The third-order valence-electron chi connectivity index (χ3n) is 3.18. The Bertz CT molecular complexity index is 326. The smallest absolute Gasteiger partial charge is 0.00719 e. The predicted octanol–water partition coefficient (Wildman–Crippen LogP) is 4.11. The lowest BCUT2D eigenvalue weighted by atomic mass is 9.92. The third-order valence-corrected chi connectivity index (χ3v) is 3.58. The molecule has 0 saturated heterocycles. The Morgan fingerprint density at radius 3 is 2.07 bits per heavy atom. The van der Waals surface area contributed by atoms with E-state index in [1.807, 2.05) is 0 Å². The maximum atomic E-state index is 3.51. The van der Waals surface area contributed by atoms with Crippen molar-refractivity contribution in [3.05, 3.63) is 33.9 Å². The summed E-state index contributed by atoms with van der Waals surface area (Å²) in [6.07, 6.45) is 2.28. The number of alkyl halides is 1. The van der Waals surface area contributed by atoms with Gasteiger partial charge in [0, 0.05) is 5.33 Å². The first-order valence-electron chi connectivity index (χ1n) is 5.26. The van der Waals surface area contributed by atoms with E-state index in [2.05, 4.69) is 49.7 Å². The Labute approximate surface area is 95.9 Å². The molecule has 14 heavy (non-hydrogen) atoms. The van der Waals surface area contributed by atoms with Gasteiger partial charge in [-0.1, -0.05) is 28.9 Å². The summed E-state index contributed by atoms with van der Waals surface area (Å²) in [6, 6.07) is 2.37. The number of hydrogen-bond donors (Lipinski definition) is 0. The molecule has 0 saturated carbocycles. The lowest BCUT2D eigenvalue weighted by Crippen LogP contribution is -2.00. The summed E-state index contributed by atoms with van der Waals surface area (Å²) in [7, 11) is 0. The highest BCUT2D eigenvalue weighted by molar-refractivity contribution is 9.09. The highest BCUT2D eigenvalue weighted by Crippen LogP contribution is 2.22. The fourth-order valence-electron chi connectivity index (χ4n) is 1.92. The number of benzene rings is 1. The van der Waals surface area contributed by atoms with Crippen LogP contribution in [0.25, 0.3) is 0 Å². The summed E-state index contributed by atoms with van der Waals surface area (Å²) in [5.74, 6) is 0. The van der Waals surface area contributed by atoms with Crippen LogP contribution in [0.5, 0.6) is 0 Å². The van der Waals surface area contributed by atoms with Gasteiger partial charge in [0.1, 0.15) is 0 Å². The quantitative estimate of drug-likeness (QED) is 0.713. The minimum atomic E-state index is 1.06. The SMILES string of the molecule is CCc1cc(CCBr)c(C)c(C)c1C. The van der Waals surface area contributed by atoms with E-state index in [0.717, 1.165) is 18.2 Å². The minimum Gasteiger partial charge on any atom is -0.0924 e. The van der Waals surface area contributed by atoms with Gasteiger partial charge in [0.15, 0.2) is 0 Å². The van der Waals surface area contributed by atoms with Crippen molar-refractivity contribution in [2.45, 2.75) is 40.5 Å². The van der Waals surface area contributed by atoms with Gasteiger partial charge in [-0.3, -0.25) is 0 Å². The largest absolute Gasteiger partial charge is 0.0924 e. The van der Waals surface area contributed by atoms with Crippen molar-refractivity contribution >= 4 is 15.9 Å². The molecule has 0 heterocycles. The third kappa shape index (κ3) is 2.20. The molecular formula is C13H19Br. The van der Waals surface area contributed by atoms with Gasteiger partial charge in [0.2, 0.25) is 0 Å². The van der Waals surface area contributed by atoms with Crippen LogP contribution in [0.15, 0.2) is 6.07 Å². The van der Waals surface area contributed by atoms with Gasteiger partial charge in [0.05, 0.1) is 0 Å². The molecule has 0 fully saturated rings. The maximum Gasteiger partial charge on any atom is 0.00719 e. The molecule has 1 aromatic rings. The molecule has 1 heteroatoms. The van der Waals surface area contributed by atoms with Crippen molar-refractivity contribution in [3.63, 3.8) is 0 Å². The van der Waals surface area contributed by atoms with Gasteiger partial charge in [-0.25, -0.2) is 0 Å². The first-order chi connectivity index (χ1) is 6.61. The van der Waals surface area contributed by atoms with E-state index in [4.69, 9.17) is 0 Å². The van der Waals surface area contributed by atoms with Crippen molar-refractivity contribution in [2.75, 3.05) is 5.33 Å². The molecule has 0 N–H and O–H groups in total. The van der Waals surface area contributed by atoms with E-state index in [0.29, 0.717) is 0 Å². The van der Waals surface area contributed by atoms with Crippen LogP contribution in [0.3, 0.4) is 0 Å². The fourth-order valence-corrected chi connectivity index (χ4v) is 2.35. The lowest BCUT2D eigenvalue weighted by Gasteiger charge is -2.14. The highest BCUT2D eigenvalue weighted by Gasteiger charge is 2.07. The van der Waals surface area contributed by atoms with Crippen LogP contribution in [-0.2, 0) is 12.8 Å². The Morgan fingerprint density at radius 1 is 1.00 bits per heavy atom. The van der Waals surface area contributed by atoms with Crippen LogP contribution in [0.2, 0.25) is 0 Å². The average Bonchev–Trinajstić information content (AvgIpc) is 2.19. The summed E-state index contributed by atoms with van der Waals surface area (Å²) >= 11 is 3.51. The van der Waals surface area contributed by atoms with Gasteiger partial charge in [-0.15, -0.1) is 0 Å². The summed E-state index contributed by atoms with van der Waals surface area (Å²) in [4.78, 5) is 0. The van der Waals surface area contributed by atoms with Crippen LogP contribution in [-0.4, -0.2) is 5.33 Å². The summed E-state index contributed by atoms with van der Waals surface area (Å²) in [5.41, 5.74) is 7.42. The van der Waals surface area contributed by atoms with Crippen molar-refractivity contribution in [3.8, 4) is 0 Å². The van der Waals surface area contributed by atoms with E-state index in [1.54, 1.807) is 0 Å². The average molecular weight is 255 g/mol.